The van der Waals surface area contributed by atoms with E-state index in [9.17, 15) is 18.0 Å². The lowest BCUT2D eigenvalue weighted by Gasteiger charge is -2.28. The quantitative estimate of drug-likeness (QED) is 0.497. The van der Waals surface area contributed by atoms with E-state index in [1.54, 1.807) is 0 Å². The number of rotatable bonds is 5. The summed E-state index contributed by atoms with van der Waals surface area (Å²) < 4.78 is 49.8. The second-order valence-corrected chi connectivity index (χ2v) is 7.35. The topological polar surface area (TPSA) is 35.5 Å². The first-order valence-electron chi connectivity index (χ1n) is 7.71. The maximum absolute atomic E-state index is 13.3. The average molecular weight is 395 g/mol. The van der Waals surface area contributed by atoms with Crippen LogP contribution in [-0.2, 0) is 9.53 Å². The second-order valence-electron chi connectivity index (χ2n) is 5.88. The van der Waals surface area contributed by atoms with Gasteiger partial charge in [-0.25, -0.2) is 4.79 Å². The van der Waals surface area contributed by atoms with Gasteiger partial charge in [-0.1, -0.05) is 25.4 Å². The lowest BCUT2D eigenvalue weighted by molar-refractivity contribution is -0.187. The lowest BCUT2D eigenvalue weighted by atomic mass is 10.0. The van der Waals surface area contributed by atoms with E-state index < -0.39 is 23.8 Å². The Balaban J connectivity index is 2.43. The number of carbonyl (C=O) groups is 1. The summed E-state index contributed by atoms with van der Waals surface area (Å²) in [6.45, 7) is 5.56. The van der Waals surface area contributed by atoms with Crippen molar-refractivity contribution < 1.29 is 27.4 Å². The van der Waals surface area contributed by atoms with E-state index in [4.69, 9.17) is 21.1 Å². The molecule has 1 aromatic carbocycles. The van der Waals surface area contributed by atoms with Gasteiger partial charge in [-0.2, -0.15) is 13.2 Å². The van der Waals surface area contributed by atoms with E-state index >= 15 is 0 Å². The minimum Gasteiger partial charge on any atom is -0.475 e. The van der Waals surface area contributed by atoms with Gasteiger partial charge in [-0.3, -0.25) is 0 Å². The molecular weight excluding hydrogens is 377 g/mol. The molecular formula is C17H18ClF3O3S. The molecule has 0 aliphatic carbocycles. The van der Waals surface area contributed by atoms with Crippen LogP contribution in [0.5, 0.6) is 5.75 Å². The zero-order valence-corrected chi connectivity index (χ0v) is 15.5. The Kier molecular flexibility index (Phi) is 6.32. The van der Waals surface area contributed by atoms with Gasteiger partial charge in [0.2, 0.25) is 6.10 Å². The summed E-state index contributed by atoms with van der Waals surface area (Å²) in [5.74, 6) is 0.164. The first-order chi connectivity index (χ1) is 11.6. The fourth-order valence-corrected chi connectivity index (χ4v) is 3.43. The average Bonchev–Trinajstić information content (AvgIpc) is 2.50. The summed E-state index contributed by atoms with van der Waals surface area (Å²) in [6.07, 6.45) is -5.96. The van der Waals surface area contributed by atoms with E-state index in [0.29, 0.717) is 21.4 Å². The smallest absolute Gasteiger partial charge is 0.430 e. The number of benzene rings is 1. The van der Waals surface area contributed by atoms with Crippen molar-refractivity contribution in [2.45, 2.75) is 37.9 Å². The van der Waals surface area contributed by atoms with E-state index in [1.165, 1.54) is 30.8 Å². The molecule has 1 atom stereocenters. The van der Waals surface area contributed by atoms with Gasteiger partial charge >= 0.3 is 12.1 Å². The van der Waals surface area contributed by atoms with Crippen molar-refractivity contribution in [1.29, 1.82) is 0 Å². The first kappa shape index (κ1) is 20.0. The van der Waals surface area contributed by atoms with Crippen LogP contribution in [0, 0.1) is 5.92 Å². The van der Waals surface area contributed by atoms with Gasteiger partial charge < -0.3 is 9.47 Å². The van der Waals surface area contributed by atoms with Gasteiger partial charge in [-0.15, -0.1) is 11.8 Å². The monoisotopic (exact) mass is 394 g/mol. The summed E-state index contributed by atoms with van der Waals surface area (Å²) in [5.41, 5.74) is -0.261. The van der Waals surface area contributed by atoms with Crippen LogP contribution in [0.4, 0.5) is 13.2 Å². The second kappa shape index (κ2) is 7.91. The summed E-state index contributed by atoms with van der Waals surface area (Å²) in [6, 6.07) is 2.99. The van der Waals surface area contributed by atoms with Crippen LogP contribution in [0.25, 0.3) is 6.08 Å². The minimum absolute atomic E-state index is 0.0286. The normalized spacial score (nSPS) is 17.0. The van der Waals surface area contributed by atoms with Crippen molar-refractivity contribution in [1.82, 2.24) is 0 Å². The van der Waals surface area contributed by atoms with Crippen molar-refractivity contribution >= 4 is 35.4 Å². The van der Waals surface area contributed by atoms with Crippen molar-refractivity contribution in [2.75, 3.05) is 12.4 Å². The Bertz CT molecular complexity index is 686. The summed E-state index contributed by atoms with van der Waals surface area (Å²) >= 11 is 7.66. The van der Waals surface area contributed by atoms with Gasteiger partial charge in [0, 0.05) is 16.2 Å². The summed E-state index contributed by atoms with van der Waals surface area (Å²) in [4.78, 5) is 12.5. The number of hydrogen-bond acceptors (Lipinski definition) is 4. The molecule has 1 aliphatic heterocycles. The third kappa shape index (κ3) is 4.85. The molecule has 8 heteroatoms. The summed E-state index contributed by atoms with van der Waals surface area (Å²) in [5, 5.41) is 0.401. The predicted octanol–water partition coefficient (Wildman–Crippen LogP) is 5.36. The third-order valence-electron chi connectivity index (χ3n) is 3.28. The SMILES string of the molecule is CCOC(=O)C1=Cc2cc(Cl)c(SCC(C)C)cc2OC1C(F)(F)F. The lowest BCUT2D eigenvalue weighted by Crippen LogP contribution is -2.40. The molecule has 2 rings (SSSR count). The number of fused-ring (bicyclic) bond motifs is 1. The Morgan fingerprint density at radius 2 is 2.08 bits per heavy atom. The molecule has 0 fully saturated rings. The molecule has 3 nitrogen and oxygen atoms in total. The number of halogens is 4. The van der Waals surface area contributed by atoms with Crippen LogP contribution in [0.1, 0.15) is 26.3 Å². The number of ether oxygens (including phenoxy) is 2. The molecule has 0 spiro atoms. The molecule has 0 saturated carbocycles. The molecule has 0 bridgehead atoms. The number of carbonyl (C=O) groups excluding carboxylic acids is 1. The molecule has 1 unspecified atom stereocenters. The van der Waals surface area contributed by atoms with Crippen LogP contribution in [0.3, 0.4) is 0 Å². The highest BCUT2D eigenvalue weighted by atomic mass is 35.5. The Morgan fingerprint density at radius 1 is 1.40 bits per heavy atom. The van der Waals surface area contributed by atoms with Crippen molar-refractivity contribution in [3.63, 3.8) is 0 Å². The van der Waals surface area contributed by atoms with E-state index in [2.05, 4.69) is 0 Å². The standard InChI is InChI=1S/C17H18ClF3O3S/c1-4-23-16(22)11-5-10-6-12(18)14(25-8-9(2)3)7-13(10)24-15(11)17(19,20)21/h5-7,9,15H,4,8H2,1-3H3. The fourth-order valence-electron chi connectivity index (χ4n) is 2.19. The van der Waals surface area contributed by atoms with Crippen LogP contribution in [0.2, 0.25) is 5.02 Å². The highest BCUT2D eigenvalue weighted by molar-refractivity contribution is 7.99. The Morgan fingerprint density at radius 3 is 2.64 bits per heavy atom. The molecule has 0 N–H and O–H groups in total. The number of esters is 1. The molecule has 0 radical (unpaired) electrons. The molecule has 1 aliphatic rings. The number of thioether (sulfide) groups is 1. The summed E-state index contributed by atoms with van der Waals surface area (Å²) in [7, 11) is 0. The van der Waals surface area contributed by atoms with E-state index in [1.807, 2.05) is 13.8 Å². The van der Waals surface area contributed by atoms with Crippen molar-refractivity contribution in [3.8, 4) is 5.75 Å². The molecule has 0 saturated heterocycles. The van der Waals surface area contributed by atoms with Crippen LogP contribution in [-0.4, -0.2) is 30.6 Å². The minimum atomic E-state index is -4.73. The maximum atomic E-state index is 13.3. The van der Waals surface area contributed by atoms with Crippen LogP contribution in [0.15, 0.2) is 22.6 Å². The zero-order valence-electron chi connectivity index (χ0n) is 13.9. The van der Waals surface area contributed by atoms with Gasteiger partial charge in [0.25, 0.3) is 0 Å². The molecule has 1 aromatic rings. The highest BCUT2D eigenvalue weighted by Gasteiger charge is 2.48. The Hall–Kier alpha value is -1.34. The number of alkyl halides is 3. The van der Waals surface area contributed by atoms with Gasteiger partial charge in [0.05, 0.1) is 17.2 Å². The molecule has 0 aromatic heterocycles. The molecule has 25 heavy (non-hydrogen) atoms. The van der Waals surface area contributed by atoms with E-state index in [0.717, 1.165) is 11.8 Å². The van der Waals surface area contributed by atoms with E-state index in [-0.39, 0.29) is 12.4 Å². The maximum Gasteiger partial charge on any atom is 0.430 e. The van der Waals surface area contributed by atoms with Crippen molar-refractivity contribution in [3.05, 3.63) is 28.3 Å². The zero-order chi connectivity index (χ0) is 18.8. The molecule has 138 valence electrons. The molecule has 1 heterocycles. The Labute approximate surface area is 153 Å². The van der Waals surface area contributed by atoms with Crippen LogP contribution < -0.4 is 4.74 Å². The largest absolute Gasteiger partial charge is 0.475 e. The van der Waals surface area contributed by atoms with Gasteiger partial charge in [-0.05, 0) is 31.1 Å². The van der Waals surface area contributed by atoms with Crippen LogP contribution >= 0.6 is 23.4 Å². The first-order valence-corrected chi connectivity index (χ1v) is 9.08. The molecule has 0 amide bonds. The van der Waals surface area contributed by atoms with Gasteiger partial charge in [0.15, 0.2) is 0 Å². The fraction of sp³-hybridized carbons (Fsp3) is 0.471. The van der Waals surface area contributed by atoms with Crippen molar-refractivity contribution in [2.24, 2.45) is 5.92 Å². The van der Waals surface area contributed by atoms with Gasteiger partial charge in [0.1, 0.15) is 5.75 Å². The number of hydrogen-bond donors (Lipinski definition) is 0. The highest BCUT2D eigenvalue weighted by Crippen LogP contribution is 2.42. The third-order valence-corrected chi connectivity index (χ3v) is 5.19. The predicted molar refractivity (Wildman–Crippen MR) is 92.1 cm³/mol.